The summed E-state index contributed by atoms with van der Waals surface area (Å²) in [5, 5.41) is 4.67. The minimum Gasteiger partial charge on any atom is -0.439 e. The quantitative estimate of drug-likeness (QED) is 0.903. The molecular weight excluding hydrogens is 268 g/mol. The molecule has 0 atom stereocenters. The topological polar surface area (TPSA) is 38.1 Å². The van der Waals surface area contributed by atoms with Crippen molar-refractivity contribution in [3.63, 3.8) is 0 Å². The molecule has 0 saturated carbocycles. The van der Waals surface area contributed by atoms with Crippen molar-refractivity contribution in [2.24, 2.45) is 0 Å². The second-order valence-corrected chi connectivity index (χ2v) is 5.32. The van der Waals surface area contributed by atoms with E-state index in [4.69, 9.17) is 16.0 Å². The van der Waals surface area contributed by atoms with Crippen molar-refractivity contribution < 1.29 is 4.42 Å². The highest BCUT2D eigenvalue weighted by Crippen LogP contribution is 2.30. The number of aryl methyl sites for hydroxylation is 1. The highest BCUT2D eigenvalue weighted by molar-refractivity contribution is 7.99. The fraction of sp³-hybridized carbons (Fsp3) is 0.308. The molecule has 0 saturated heterocycles. The second kappa shape index (κ2) is 6.27. The summed E-state index contributed by atoms with van der Waals surface area (Å²) in [4.78, 5) is 5.28. The van der Waals surface area contributed by atoms with Crippen LogP contribution in [0.2, 0.25) is 5.02 Å². The van der Waals surface area contributed by atoms with Gasteiger partial charge in [-0.15, -0.1) is 0 Å². The first-order valence-corrected chi connectivity index (χ1v) is 6.97. The molecule has 0 fully saturated rings. The summed E-state index contributed by atoms with van der Waals surface area (Å²) in [7, 11) is 0. The standard InChI is InChI=1S/C13H15ClN2OS/c1-3-15-7-10-4-5-11(6-12(10)14)18-13-16-9(2)8-17-13/h4-6,8,15H,3,7H2,1-2H3. The zero-order valence-electron chi connectivity index (χ0n) is 10.4. The van der Waals surface area contributed by atoms with E-state index in [1.807, 2.05) is 25.1 Å². The summed E-state index contributed by atoms with van der Waals surface area (Å²) >= 11 is 7.70. The third-order valence-electron chi connectivity index (χ3n) is 2.39. The van der Waals surface area contributed by atoms with Gasteiger partial charge in [0.1, 0.15) is 6.26 Å². The average molecular weight is 283 g/mol. The van der Waals surface area contributed by atoms with E-state index in [0.717, 1.165) is 34.3 Å². The predicted octanol–water partition coefficient (Wildman–Crippen LogP) is 3.90. The lowest BCUT2D eigenvalue weighted by atomic mass is 10.2. The number of hydrogen-bond acceptors (Lipinski definition) is 4. The molecule has 0 aliphatic heterocycles. The SMILES string of the molecule is CCNCc1ccc(Sc2nc(C)co2)cc1Cl. The fourth-order valence-electron chi connectivity index (χ4n) is 1.47. The van der Waals surface area contributed by atoms with E-state index >= 15 is 0 Å². The summed E-state index contributed by atoms with van der Waals surface area (Å²) in [6.45, 7) is 5.70. The van der Waals surface area contributed by atoms with Gasteiger partial charge in [-0.2, -0.15) is 0 Å². The van der Waals surface area contributed by atoms with Gasteiger partial charge in [0.25, 0.3) is 5.22 Å². The Kier molecular flexibility index (Phi) is 4.69. The Hall–Kier alpha value is -0.970. The van der Waals surface area contributed by atoms with Crippen molar-refractivity contribution in [2.75, 3.05) is 6.54 Å². The van der Waals surface area contributed by atoms with E-state index in [1.54, 1.807) is 6.26 Å². The Morgan fingerprint density at radius 1 is 1.44 bits per heavy atom. The Bertz CT molecular complexity index is 527. The van der Waals surface area contributed by atoms with Gasteiger partial charge in [-0.25, -0.2) is 4.98 Å². The van der Waals surface area contributed by atoms with E-state index in [1.165, 1.54) is 11.8 Å². The Morgan fingerprint density at radius 3 is 2.89 bits per heavy atom. The van der Waals surface area contributed by atoms with Gasteiger partial charge in [0.15, 0.2) is 0 Å². The third kappa shape index (κ3) is 3.51. The molecule has 5 heteroatoms. The lowest BCUT2D eigenvalue weighted by molar-refractivity contribution is 0.454. The van der Waals surface area contributed by atoms with Gasteiger partial charge in [-0.3, -0.25) is 0 Å². The van der Waals surface area contributed by atoms with Gasteiger partial charge in [0.05, 0.1) is 5.69 Å². The molecule has 2 rings (SSSR count). The molecule has 0 aliphatic rings. The number of oxazole rings is 1. The van der Waals surface area contributed by atoms with Gasteiger partial charge in [-0.1, -0.05) is 24.6 Å². The summed E-state index contributed by atoms with van der Waals surface area (Å²) in [6.07, 6.45) is 1.64. The van der Waals surface area contributed by atoms with Crippen LogP contribution in [0.5, 0.6) is 0 Å². The zero-order valence-corrected chi connectivity index (χ0v) is 11.9. The van der Waals surface area contributed by atoms with Crippen LogP contribution in [0.25, 0.3) is 0 Å². The molecule has 1 heterocycles. The maximum Gasteiger partial charge on any atom is 0.260 e. The summed E-state index contributed by atoms with van der Waals surface area (Å²) < 4.78 is 5.30. The van der Waals surface area contributed by atoms with E-state index in [2.05, 4.69) is 17.2 Å². The number of halogens is 1. The number of benzene rings is 1. The molecule has 1 N–H and O–H groups in total. The van der Waals surface area contributed by atoms with Gasteiger partial charge >= 0.3 is 0 Å². The van der Waals surface area contributed by atoms with Gasteiger partial charge in [0, 0.05) is 16.5 Å². The summed E-state index contributed by atoms with van der Waals surface area (Å²) in [5.74, 6) is 0. The van der Waals surface area contributed by atoms with E-state index in [0.29, 0.717) is 5.22 Å². The van der Waals surface area contributed by atoms with E-state index in [-0.39, 0.29) is 0 Å². The molecule has 0 amide bonds. The first-order valence-electron chi connectivity index (χ1n) is 5.78. The fourth-order valence-corrected chi connectivity index (χ4v) is 2.59. The number of aromatic nitrogens is 1. The van der Waals surface area contributed by atoms with Crippen molar-refractivity contribution in [3.8, 4) is 0 Å². The largest absolute Gasteiger partial charge is 0.439 e. The smallest absolute Gasteiger partial charge is 0.260 e. The minimum atomic E-state index is 0.642. The third-order valence-corrected chi connectivity index (χ3v) is 3.60. The first-order chi connectivity index (χ1) is 8.69. The van der Waals surface area contributed by atoms with Crippen molar-refractivity contribution >= 4 is 23.4 Å². The van der Waals surface area contributed by atoms with Gasteiger partial charge in [0.2, 0.25) is 0 Å². The van der Waals surface area contributed by atoms with Crippen molar-refractivity contribution in [1.29, 1.82) is 0 Å². The van der Waals surface area contributed by atoms with Crippen molar-refractivity contribution in [2.45, 2.75) is 30.5 Å². The molecular formula is C13H15ClN2OS. The molecule has 18 heavy (non-hydrogen) atoms. The molecule has 0 bridgehead atoms. The van der Waals surface area contributed by atoms with Crippen molar-refractivity contribution in [1.82, 2.24) is 10.3 Å². The highest BCUT2D eigenvalue weighted by Gasteiger charge is 2.06. The molecule has 2 aromatic rings. The normalized spacial score (nSPS) is 10.8. The van der Waals surface area contributed by atoms with Crippen LogP contribution >= 0.6 is 23.4 Å². The monoisotopic (exact) mass is 282 g/mol. The van der Waals surface area contributed by atoms with Gasteiger partial charge < -0.3 is 9.73 Å². The van der Waals surface area contributed by atoms with Crippen LogP contribution < -0.4 is 5.32 Å². The number of hydrogen-bond donors (Lipinski definition) is 1. The average Bonchev–Trinajstić information content (AvgIpc) is 2.74. The molecule has 0 spiro atoms. The van der Waals surface area contributed by atoms with Gasteiger partial charge in [-0.05, 0) is 42.9 Å². The highest BCUT2D eigenvalue weighted by atomic mass is 35.5. The van der Waals surface area contributed by atoms with Crippen molar-refractivity contribution in [3.05, 3.63) is 40.7 Å². The lowest BCUT2D eigenvalue weighted by Gasteiger charge is -2.06. The Morgan fingerprint density at radius 2 is 2.28 bits per heavy atom. The zero-order chi connectivity index (χ0) is 13.0. The van der Waals surface area contributed by atoms with E-state index < -0.39 is 0 Å². The lowest BCUT2D eigenvalue weighted by Crippen LogP contribution is -2.11. The van der Waals surface area contributed by atoms with Crippen LogP contribution in [0.1, 0.15) is 18.2 Å². The molecule has 0 aliphatic carbocycles. The second-order valence-electron chi connectivity index (χ2n) is 3.89. The van der Waals surface area contributed by atoms with E-state index in [9.17, 15) is 0 Å². The molecule has 3 nitrogen and oxygen atoms in total. The molecule has 1 aromatic heterocycles. The number of rotatable bonds is 5. The van der Waals surface area contributed by atoms with Crippen LogP contribution in [0.4, 0.5) is 0 Å². The minimum absolute atomic E-state index is 0.642. The Balaban J connectivity index is 2.08. The van der Waals surface area contributed by atoms with Crippen LogP contribution in [-0.4, -0.2) is 11.5 Å². The van der Waals surface area contributed by atoms with Crippen LogP contribution in [0, 0.1) is 6.92 Å². The molecule has 1 aromatic carbocycles. The maximum absolute atomic E-state index is 6.23. The van der Waals surface area contributed by atoms with Crippen LogP contribution in [0.15, 0.2) is 39.0 Å². The summed E-state index contributed by atoms with van der Waals surface area (Å²) in [5.41, 5.74) is 1.99. The predicted molar refractivity (Wildman–Crippen MR) is 74.2 cm³/mol. The molecule has 96 valence electrons. The summed E-state index contributed by atoms with van der Waals surface area (Å²) in [6, 6.07) is 6.00. The number of nitrogens with zero attached hydrogens (tertiary/aromatic N) is 1. The van der Waals surface area contributed by atoms with Crippen LogP contribution in [-0.2, 0) is 6.54 Å². The molecule has 0 unspecified atom stereocenters. The number of nitrogens with one attached hydrogen (secondary N) is 1. The Labute approximate surface area is 116 Å². The maximum atomic E-state index is 6.23. The van der Waals surface area contributed by atoms with Crippen LogP contribution in [0.3, 0.4) is 0 Å². The first kappa shape index (κ1) is 13.5. The molecule has 0 radical (unpaired) electrons.